The number of rotatable bonds is 8. The van der Waals surface area contributed by atoms with E-state index < -0.39 is 15.9 Å². The number of methoxy groups -OCH3 is 1. The van der Waals surface area contributed by atoms with Gasteiger partial charge in [-0.15, -0.1) is 0 Å². The predicted octanol–water partition coefficient (Wildman–Crippen LogP) is 2.81. The molecule has 8 heteroatoms. The maximum atomic E-state index is 12.6. The van der Waals surface area contributed by atoms with Gasteiger partial charge in [-0.2, -0.15) is 0 Å². The van der Waals surface area contributed by atoms with Crippen molar-refractivity contribution in [3.05, 3.63) is 48.0 Å². The normalized spacial score (nSPS) is 11.0. The van der Waals surface area contributed by atoms with Crippen molar-refractivity contribution in [1.29, 1.82) is 0 Å². The number of anilines is 2. The van der Waals surface area contributed by atoms with E-state index in [0.717, 1.165) is 16.1 Å². The summed E-state index contributed by atoms with van der Waals surface area (Å²) in [6.07, 6.45) is 1.05. The molecular formula is C19H24N2O5S. The molecule has 0 spiro atoms. The number of benzene rings is 2. The van der Waals surface area contributed by atoms with Crippen LogP contribution in [0, 0.1) is 6.92 Å². The largest absolute Gasteiger partial charge is 0.495 e. The molecule has 2 rings (SSSR count). The van der Waals surface area contributed by atoms with Gasteiger partial charge in [0.2, 0.25) is 15.9 Å². The highest BCUT2D eigenvalue weighted by atomic mass is 32.2. The molecule has 0 radical (unpaired) electrons. The molecule has 1 amide bonds. The predicted molar refractivity (Wildman–Crippen MR) is 106 cm³/mol. The number of carbonyl (C=O) groups excluding carboxylic acids is 1. The summed E-state index contributed by atoms with van der Waals surface area (Å²) in [6.45, 7) is 3.73. The third-order valence-corrected chi connectivity index (χ3v) is 4.88. The molecule has 2 aromatic carbocycles. The third kappa shape index (κ3) is 5.37. The van der Waals surface area contributed by atoms with Gasteiger partial charge in [0.15, 0.2) is 0 Å². The van der Waals surface area contributed by atoms with Crippen molar-refractivity contribution in [3.8, 4) is 11.5 Å². The Balaban J connectivity index is 2.31. The number of carbonyl (C=O) groups is 1. The van der Waals surface area contributed by atoms with Crippen LogP contribution in [0.5, 0.6) is 11.5 Å². The van der Waals surface area contributed by atoms with Crippen molar-refractivity contribution in [3.63, 3.8) is 0 Å². The smallest absolute Gasteiger partial charge is 0.245 e. The van der Waals surface area contributed by atoms with E-state index >= 15 is 0 Å². The SMILES string of the molecule is CCOc1ccccc1NC(=O)CN(c1cc(C)ccc1OC)S(C)(=O)=O. The minimum Gasteiger partial charge on any atom is -0.495 e. The Kier molecular flexibility index (Phi) is 6.68. The molecule has 0 saturated heterocycles. The summed E-state index contributed by atoms with van der Waals surface area (Å²) in [5, 5.41) is 2.71. The van der Waals surface area contributed by atoms with E-state index in [1.54, 1.807) is 42.5 Å². The fraction of sp³-hybridized carbons (Fsp3) is 0.316. The Hall–Kier alpha value is -2.74. The molecule has 1 N–H and O–H groups in total. The Labute approximate surface area is 160 Å². The molecule has 0 aromatic heterocycles. The number of nitrogens with one attached hydrogen (secondary N) is 1. The molecule has 0 aliphatic rings. The number of sulfonamides is 1. The number of amides is 1. The van der Waals surface area contributed by atoms with Gasteiger partial charge >= 0.3 is 0 Å². The van der Waals surface area contributed by atoms with E-state index in [4.69, 9.17) is 9.47 Å². The van der Waals surface area contributed by atoms with Gasteiger partial charge in [-0.05, 0) is 43.7 Å². The molecular weight excluding hydrogens is 368 g/mol. The number of hydrogen-bond acceptors (Lipinski definition) is 5. The second-order valence-corrected chi connectivity index (χ2v) is 7.83. The molecule has 0 heterocycles. The second-order valence-electron chi connectivity index (χ2n) is 5.92. The number of nitrogens with zero attached hydrogens (tertiary/aromatic N) is 1. The fourth-order valence-electron chi connectivity index (χ4n) is 2.55. The molecule has 7 nitrogen and oxygen atoms in total. The van der Waals surface area contributed by atoms with Gasteiger partial charge in [-0.1, -0.05) is 18.2 Å². The van der Waals surface area contributed by atoms with Crippen molar-refractivity contribution in [2.24, 2.45) is 0 Å². The molecule has 0 bridgehead atoms. The number of hydrogen-bond donors (Lipinski definition) is 1. The minimum atomic E-state index is -3.71. The Morgan fingerprint density at radius 1 is 1.15 bits per heavy atom. The summed E-state index contributed by atoms with van der Waals surface area (Å²) in [4.78, 5) is 12.6. The van der Waals surface area contributed by atoms with Gasteiger partial charge in [-0.3, -0.25) is 9.10 Å². The average molecular weight is 392 g/mol. The van der Waals surface area contributed by atoms with Gasteiger partial charge in [0.25, 0.3) is 0 Å². The third-order valence-electron chi connectivity index (χ3n) is 3.75. The average Bonchev–Trinajstić information content (AvgIpc) is 2.60. The van der Waals surface area contributed by atoms with E-state index in [1.807, 2.05) is 13.8 Å². The lowest BCUT2D eigenvalue weighted by Gasteiger charge is -2.24. The van der Waals surface area contributed by atoms with Crippen LogP contribution in [0.25, 0.3) is 0 Å². The van der Waals surface area contributed by atoms with E-state index in [0.29, 0.717) is 29.5 Å². The summed E-state index contributed by atoms with van der Waals surface area (Å²) in [5.74, 6) is 0.400. The number of ether oxygens (including phenoxy) is 2. The summed E-state index contributed by atoms with van der Waals surface area (Å²) >= 11 is 0. The van der Waals surface area contributed by atoms with Crippen LogP contribution in [0.15, 0.2) is 42.5 Å². The molecule has 0 atom stereocenters. The van der Waals surface area contributed by atoms with Gasteiger partial charge in [0.1, 0.15) is 18.0 Å². The van der Waals surface area contributed by atoms with E-state index in [-0.39, 0.29) is 6.54 Å². The van der Waals surface area contributed by atoms with Crippen molar-refractivity contribution in [1.82, 2.24) is 0 Å². The van der Waals surface area contributed by atoms with E-state index in [9.17, 15) is 13.2 Å². The van der Waals surface area contributed by atoms with Crippen molar-refractivity contribution in [2.45, 2.75) is 13.8 Å². The summed E-state index contributed by atoms with van der Waals surface area (Å²) in [5.41, 5.74) is 1.64. The van der Waals surface area contributed by atoms with Crippen LogP contribution in [-0.4, -0.2) is 40.8 Å². The Bertz CT molecular complexity index is 912. The topological polar surface area (TPSA) is 84.9 Å². The number of para-hydroxylation sites is 2. The molecule has 0 saturated carbocycles. The van der Waals surface area contributed by atoms with Crippen LogP contribution >= 0.6 is 0 Å². The minimum absolute atomic E-state index is 0.313. The van der Waals surface area contributed by atoms with Gasteiger partial charge in [-0.25, -0.2) is 8.42 Å². The highest BCUT2D eigenvalue weighted by Crippen LogP contribution is 2.31. The fourth-order valence-corrected chi connectivity index (χ4v) is 3.40. The summed E-state index contributed by atoms with van der Waals surface area (Å²) in [6, 6.07) is 12.1. The lowest BCUT2D eigenvalue weighted by molar-refractivity contribution is -0.114. The molecule has 0 unspecified atom stereocenters. The first-order valence-electron chi connectivity index (χ1n) is 8.40. The first kappa shape index (κ1) is 20.6. The van der Waals surface area contributed by atoms with Crippen LogP contribution in [-0.2, 0) is 14.8 Å². The monoisotopic (exact) mass is 392 g/mol. The van der Waals surface area contributed by atoms with E-state index in [2.05, 4.69) is 5.32 Å². The maximum absolute atomic E-state index is 12.6. The quantitative estimate of drug-likeness (QED) is 0.747. The molecule has 2 aromatic rings. The van der Waals surface area contributed by atoms with Gasteiger partial charge < -0.3 is 14.8 Å². The zero-order chi connectivity index (χ0) is 20.0. The zero-order valence-corrected chi connectivity index (χ0v) is 16.7. The van der Waals surface area contributed by atoms with Crippen LogP contribution in [0.1, 0.15) is 12.5 Å². The molecule has 0 aliphatic carbocycles. The van der Waals surface area contributed by atoms with Crippen molar-refractivity contribution >= 4 is 27.3 Å². The first-order valence-corrected chi connectivity index (χ1v) is 10.2. The molecule has 0 aliphatic heterocycles. The van der Waals surface area contributed by atoms with Crippen LogP contribution in [0.4, 0.5) is 11.4 Å². The van der Waals surface area contributed by atoms with E-state index in [1.165, 1.54) is 7.11 Å². The lowest BCUT2D eigenvalue weighted by Crippen LogP contribution is -2.37. The van der Waals surface area contributed by atoms with Crippen LogP contribution < -0.4 is 19.1 Å². The standard InChI is InChI=1S/C19H24N2O5S/c1-5-26-17-9-7-6-8-15(17)20-19(22)13-21(27(4,23)24)16-12-14(2)10-11-18(16)25-3/h6-12H,5,13H2,1-4H3,(H,20,22). The van der Waals surface area contributed by atoms with Crippen molar-refractivity contribution < 1.29 is 22.7 Å². The zero-order valence-electron chi connectivity index (χ0n) is 15.9. The maximum Gasteiger partial charge on any atom is 0.245 e. The molecule has 27 heavy (non-hydrogen) atoms. The van der Waals surface area contributed by atoms with Crippen molar-refractivity contribution in [2.75, 3.05) is 36.1 Å². The summed E-state index contributed by atoms with van der Waals surface area (Å²) in [7, 11) is -2.26. The first-order chi connectivity index (χ1) is 12.8. The molecule has 146 valence electrons. The van der Waals surface area contributed by atoms with Gasteiger partial charge in [0.05, 0.1) is 31.3 Å². The second kappa shape index (κ2) is 8.77. The lowest BCUT2D eigenvalue weighted by atomic mass is 10.2. The number of aryl methyl sites for hydroxylation is 1. The van der Waals surface area contributed by atoms with Crippen LogP contribution in [0.3, 0.4) is 0 Å². The van der Waals surface area contributed by atoms with Crippen LogP contribution in [0.2, 0.25) is 0 Å². The summed E-state index contributed by atoms with van der Waals surface area (Å²) < 4.78 is 36.4. The van der Waals surface area contributed by atoms with Gasteiger partial charge in [0, 0.05) is 0 Å². The molecule has 0 fully saturated rings. The highest BCUT2D eigenvalue weighted by molar-refractivity contribution is 7.92. The Morgan fingerprint density at radius 3 is 2.48 bits per heavy atom. The Morgan fingerprint density at radius 2 is 1.85 bits per heavy atom. The highest BCUT2D eigenvalue weighted by Gasteiger charge is 2.24.